The summed E-state index contributed by atoms with van der Waals surface area (Å²) in [7, 11) is 2.37. The van der Waals surface area contributed by atoms with Gasteiger partial charge in [-0.1, -0.05) is 106 Å². The first-order chi connectivity index (χ1) is 46.0. The van der Waals surface area contributed by atoms with Gasteiger partial charge >= 0.3 is 12.1 Å². The predicted molar refractivity (Wildman–Crippen MR) is 360 cm³/mol. The minimum absolute atomic E-state index is 0.00361. The largest absolute Gasteiger partial charge is 0.453 e. The van der Waals surface area contributed by atoms with Gasteiger partial charge < -0.3 is 104 Å². The van der Waals surface area contributed by atoms with Crippen molar-refractivity contribution >= 4 is 83.0 Å². The van der Waals surface area contributed by atoms with Gasteiger partial charge in [0.05, 0.1) is 25.4 Å². The Morgan fingerprint density at radius 1 is 0.667 bits per heavy atom. The number of nitrogens with one attached hydrogen (secondary N) is 13. The van der Waals surface area contributed by atoms with Gasteiger partial charge in [0.1, 0.15) is 60.0 Å². The van der Waals surface area contributed by atoms with Crippen molar-refractivity contribution in [1.29, 1.82) is 5.41 Å². The molecule has 1 heterocycles. The number of benzene rings is 1. The van der Waals surface area contributed by atoms with Gasteiger partial charge in [0.15, 0.2) is 24.2 Å². The van der Waals surface area contributed by atoms with Crippen molar-refractivity contribution in [1.82, 2.24) is 68.7 Å². The molecule has 0 aromatic heterocycles. The van der Waals surface area contributed by atoms with Crippen LogP contribution in [0.5, 0.6) is 0 Å². The molecule has 0 spiro atoms. The van der Waals surface area contributed by atoms with Crippen LogP contribution >= 0.6 is 0 Å². The fourth-order valence-corrected chi connectivity index (χ4v) is 10.0. The quantitative estimate of drug-likeness (QED) is 0.0212. The molecule has 0 unspecified atom stereocenters. The molecule has 34 heteroatoms. The van der Waals surface area contributed by atoms with Gasteiger partial charge in [-0.3, -0.25) is 58.1 Å². The van der Waals surface area contributed by atoms with Crippen LogP contribution in [0.25, 0.3) is 0 Å². The SMILES string of the molecule is CC[C@H](C)[C@@H]1NC(=O)[C@@H](CCCNC(=N)N)NC(=O)[C@H](CC(C)C)NC(=O)[C@H]([C@H](O)C(C)C)NC(=O)[C@@H](NC(=O)[C@H](CC(C)C)NC(=O)[C@@H](CC(C)C)NC(=O)OC(C)(C)C)[C@@H](c2ccccc2)OC(=O)[C@H](CO)NC(=O)[C@H]([C@H](O)C(=O)N(C)C)NC(=O)CNC(=O)[C@H]([C@H](C)O)NC1=O. The van der Waals surface area contributed by atoms with Crippen LogP contribution in [0, 0.1) is 35.0 Å². The van der Waals surface area contributed by atoms with E-state index in [0.29, 0.717) is 0 Å². The number of esters is 1. The molecule has 2 rings (SSSR count). The summed E-state index contributed by atoms with van der Waals surface area (Å²) in [4.78, 5) is 188. The summed E-state index contributed by atoms with van der Waals surface area (Å²) in [5, 5.41) is 82.1. The van der Waals surface area contributed by atoms with Crippen LogP contribution in [0.4, 0.5) is 4.79 Å². The molecule has 1 aromatic carbocycles. The standard InChI is InChI=1S/C65H109N15O19/c1-17-35(10)44-57(91)77-45(36(11)82)56(90)69-29-43(83)75-47(50(85)61(95)80(15)16)59(93)73-42(30-81)62(96)98-51(37-22-19-18-20-23-37)48(79-55(89)40(27-32(4)5)71-54(88)41(28-33(6)7)74-64(97)99-65(12,13)14)60(94)78-46(49(84)34(8)9)58(92)72-39(26-31(2)3)53(87)70-38(52(86)76-44)24-21-25-68-63(66)67/h18-20,22-23,31-36,38-42,44-51,81-82,84-85H,17,21,24-30H2,1-16H3,(H,69,90)(H,70,87)(H,71,88)(H,72,92)(H,73,93)(H,74,97)(H,75,83)(H,76,86)(H,77,91)(H,78,94)(H,79,89)(H4,66,67,68)/t35-,36-,38+,39-,40-,41+,42-,44-,45-,46-,47-,48-,49+,50-,51+/m0/s1. The molecule has 99 heavy (non-hydrogen) atoms. The maximum atomic E-state index is 15.6. The third-order valence-corrected chi connectivity index (χ3v) is 15.5. The van der Waals surface area contributed by atoms with Crippen LogP contribution in [0.2, 0.25) is 0 Å². The van der Waals surface area contributed by atoms with Gasteiger partial charge in [-0.2, -0.15) is 0 Å². The normalized spacial score (nSPS) is 23.6. The first-order valence-corrected chi connectivity index (χ1v) is 33.2. The lowest BCUT2D eigenvalue weighted by molar-refractivity contribution is -0.159. The zero-order chi connectivity index (χ0) is 75.5. The maximum absolute atomic E-state index is 15.6. The summed E-state index contributed by atoms with van der Waals surface area (Å²) >= 11 is 0. The molecule has 15 atom stereocenters. The minimum Gasteiger partial charge on any atom is -0.453 e. The molecule has 34 nitrogen and oxygen atoms in total. The Bertz CT molecular complexity index is 2930. The molecule has 0 radical (unpaired) electrons. The highest BCUT2D eigenvalue weighted by molar-refractivity contribution is 6.00. The molecule has 1 aliphatic rings. The zero-order valence-electron chi connectivity index (χ0n) is 59.7. The summed E-state index contributed by atoms with van der Waals surface area (Å²) in [6.45, 7) is 20.1. The number of hydrogen-bond donors (Lipinski definition) is 18. The number of hydrogen-bond acceptors (Lipinski definition) is 20. The highest BCUT2D eigenvalue weighted by Crippen LogP contribution is 2.25. The first-order valence-electron chi connectivity index (χ1n) is 33.2. The van der Waals surface area contributed by atoms with Crippen LogP contribution in [-0.2, 0) is 67.0 Å². The molecule has 1 fully saturated rings. The Balaban J connectivity index is 3.20. The summed E-state index contributed by atoms with van der Waals surface area (Å²) in [5.41, 5.74) is 4.43. The molecule has 19 N–H and O–H groups in total. The van der Waals surface area contributed by atoms with E-state index < -0.39 is 210 Å². The fraction of sp³-hybridized carbons (Fsp3) is 0.692. The van der Waals surface area contributed by atoms with E-state index in [1.165, 1.54) is 58.3 Å². The van der Waals surface area contributed by atoms with E-state index in [0.717, 1.165) is 11.8 Å². The maximum Gasteiger partial charge on any atom is 0.408 e. The van der Waals surface area contributed by atoms with Gasteiger partial charge in [-0.15, -0.1) is 0 Å². The van der Waals surface area contributed by atoms with Crippen LogP contribution < -0.4 is 69.5 Å². The Kier molecular flexibility index (Phi) is 35.7. The van der Waals surface area contributed by atoms with Crippen molar-refractivity contribution in [2.24, 2.45) is 35.3 Å². The van der Waals surface area contributed by atoms with E-state index in [4.69, 9.17) is 20.6 Å². The van der Waals surface area contributed by atoms with Crippen molar-refractivity contribution in [3.63, 3.8) is 0 Å². The number of nitrogens with zero attached hydrogens (tertiary/aromatic N) is 1. The van der Waals surface area contributed by atoms with E-state index in [1.807, 2.05) is 0 Å². The van der Waals surface area contributed by atoms with Crippen LogP contribution in [0.3, 0.4) is 0 Å². The number of likely N-dealkylation sites (N-methyl/N-ethyl adjacent to an activating group) is 1. The third kappa shape index (κ3) is 29.3. The molecule has 0 bridgehead atoms. The predicted octanol–water partition coefficient (Wildman–Crippen LogP) is -3.06. The second-order valence-electron chi connectivity index (χ2n) is 27.5. The molecular weight excluding hydrogens is 1290 g/mol. The van der Waals surface area contributed by atoms with Gasteiger partial charge in [0.25, 0.3) is 5.91 Å². The van der Waals surface area contributed by atoms with Crippen LogP contribution in [0.15, 0.2) is 30.3 Å². The highest BCUT2D eigenvalue weighted by Gasteiger charge is 2.44. The molecule has 0 saturated carbocycles. The van der Waals surface area contributed by atoms with Gasteiger partial charge in [-0.25, -0.2) is 9.59 Å². The van der Waals surface area contributed by atoms with Gasteiger partial charge in [0, 0.05) is 20.6 Å². The lowest BCUT2D eigenvalue weighted by atomic mass is 9.95. The number of cyclic esters (lactones) is 1. The summed E-state index contributed by atoms with van der Waals surface area (Å²) in [6.07, 6.45) is -9.27. The molecule has 12 amide bonds. The van der Waals surface area contributed by atoms with Gasteiger partial charge in [0.2, 0.25) is 59.1 Å². The molecule has 0 aliphatic carbocycles. The molecule has 1 aromatic rings. The zero-order valence-corrected chi connectivity index (χ0v) is 59.7. The lowest BCUT2D eigenvalue weighted by Gasteiger charge is -2.34. The summed E-state index contributed by atoms with van der Waals surface area (Å²) in [6, 6.07) is -11.2. The van der Waals surface area contributed by atoms with Crippen molar-refractivity contribution in [3.05, 3.63) is 35.9 Å². The van der Waals surface area contributed by atoms with Crippen molar-refractivity contribution < 1.29 is 92.2 Å². The Morgan fingerprint density at radius 2 is 1.19 bits per heavy atom. The van der Waals surface area contributed by atoms with E-state index in [-0.39, 0.29) is 56.6 Å². The van der Waals surface area contributed by atoms with E-state index >= 15 is 14.4 Å². The number of aliphatic hydroxyl groups is 4. The summed E-state index contributed by atoms with van der Waals surface area (Å²) < 4.78 is 11.4. The number of rotatable bonds is 24. The third-order valence-electron chi connectivity index (χ3n) is 15.5. The lowest BCUT2D eigenvalue weighted by Crippen LogP contribution is -2.64. The number of amides is 12. The average molecular weight is 1400 g/mol. The van der Waals surface area contributed by atoms with E-state index in [2.05, 4.69) is 63.8 Å². The van der Waals surface area contributed by atoms with Crippen LogP contribution in [-0.4, -0.2) is 226 Å². The number of nitrogens with two attached hydrogens (primary N) is 1. The smallest absolute Gasteiger partial charge is 0.408 e. The van der Waals surface area contributed by atoms with E-state index in [9.17, 15) is 68.4 Å². The second-order valence-corrected chi connectivity index (χ2v) is 27.5. The monoisotopic (exact) mass is 1400 g/mol. The number of carbonyl (C=O) groups is 13. The number of aliphatic hydroxyl groups excluding tert-OH is 4. The Morgan fingerprint density at radius 3 is 1.71 bits per heavy atom. The van der Waals surface area contributed by atoms with Gasteiger partial charge in [-0.05, 0) is 95.0 Å². The average Bonchev–Trinajstić information content (AvgIpc) is 0.814. The number of alkyl carbamates (subject to hydrolysis) is 1. The number of guanidine groups is 1. The molecule has 558 valence electrons. The molecule has 1 saturated heterocycles. The Labute approximate surface area is 578 Å². The summed E-state index contributed by atoms with van der Waals surface area (Å²) in [5.74, 6) is -17.5. The van der Waals surface area contributed by atoms with Crippen molar-refractivity contribution in [3.8, 4) is 0 Å². The number of carbonyl (C=O) groups excluding carboxylic acids is 13. The van der Waals surface area contributed by atoms with Crippen LogP contribution in [0.1, 0.15) is 147 Å². The van der Waals surface area contributed by atoms with E-state index in [1.54, 1.807) is 76.2 Å². The van der Waals surface area contributed by atoms with Crippen molar-refractivity contribution in [2.45, 2.75) is 226 Å². The second kappa shape index (κ2) is 41.0. The molecule has 1 aliphatic heterocycles. The Hall–Kier alpha value is -8.76. The van der Waals surface area contributed by atoms with Crippen molar-refractivity contribution in [2.75, 3.05) is 33.8 Å². The number of ether oxygens (including phenoxy) is 2. The fourth-order valence-electron chi connectivity index (χ4n) is 10.0. The highest BCUT2D eigenvalue weighted by atomic mass is 16.6. The molecular formula is C65H109N15O19. The minimum atomic E-state index is -2.46. The first kappa shape index (κ1) is 86.3. The topological polar surface area (TPSA) is 519 Å².